The molecule has 0 unspecified atom stereocenters. The molecule has 1 heterocycles. The Balaban J connectivity index is 1.77. The average molecular weight is 354 g/mol. The van der Waals surface area contributed by atoms with Crippen LogP contribution in [0.4, 0.5) is 11.4 Å². The highest BCUT2D eigenvalue weighted by atomic mass is 16.5. The maximum atomic E-state index is 12.8. The lowest BCUT2D eigenvalue weighted by Gasteiger charge is -2.19. The molecule has 0 bridgehead atoms. The van der Waals surface area contributed by atoms with Crippen LogP contribution in [0.5, 0.6) is 11.5 Å². The van der Waals surface area contributed by atoms with Crippen molar-refractivity contribution >= 4 is 23.2 Å². The molecule has 26 heavy (non-hydrogen) atoms. The number of rotatable bonds is 7. The predicted molar refractivity (Wildman–Crippen MR) is 99.7 cm³/mol. The molecule has 2 aromatic carbocycles. The van der Waals surface area contributed by atoms with Crippen molar-refractivity contribution in [2.45, 2.75) is 26.3 Å². The number of hydrogen-bond donors (Lipinski definition) is 1. The highest BCUT2D eigenvalue weighted by Gasteiger charge is 2.40. The molecule has 1 fully saturated rings. The fourth-order valence-electron chi connectivity index (χ4n) is 2.93. The Hall–Kier alpha value is -3.02. The molecule has 2 amide bonds. The molecular weight excluding hydrogens is 332 g/mol. The van der Waals surface area contributed by atoms with Gasteiger partial charge in [0.15, 0.2) is 0 Å². The van der Waals surface area contributed by atoms with E-state index in [0.29, 0.717) is 24.7 Å². The van der Waals surface area contributed by atoms with Crippen molar-refractivity contribution in [3.63, 3.8) is 0 Å². The van der Waals surface area contributed by atoms with Crippen molar-refractivity contribution in [2.75, 3.05) is 23.4 Å². The second-order valence-electron chi connectivity index (χ2n) is 5.83. The Morgan fingerprint density at radius 1 is 1.00 bits per heavy atom. The van der Waals surface area contributed by atoms with Crippen molar-refractivity contribution in [2.24, 2.45) is 0 Å². The molecule has 136 valence electrons. The fraction of sp³-hybridized carbons (Fsp3) is 0.300. The van der Waals surface area contributed by atoms with Gasteiger partial charge in [0.1, 0.15) is 17.5 Å². The zero-order chi connectivity index (χ0) is 18.5. The molecular formula is C20H22N2O4. The molecule has 0 saturated carbocycles. The van der Waals surface area contributed by atoms with Crippen LogP contribution in [0.1, 0.15) is 20.3 Å². The second-order valence-corrected chi connectivity index (χ2v) is 5.83. The number of carbonyl (C=O) groups is 2. The molecule has 0 aromatic heterocycles. The molecule has 0 aliphatic carbocycles. The van der Waals surface area contributed by atoms with Gasteiger partial charge in [-0.25, -0.2) is 4.90 Å². The summed E-state index contributed by atoms with van der Waals surface area (Å²) in [6.07, 6.45) is 0.104. The molecule has 2 aromatic rings. The Morgan fingerprint density at radius 2 is 1.69 bits per heavy atom. The van der Waals surface area contributed by atoms with Gasteiger partial charge in [0, 0.05) is 5.69 Å². The van der Waals surface area contributed by atoms with Gasteiger partial charge < -0.3 is 14.8 Å². The van der Waals surface area contributed by atoms with E-state index >= 15 is 0 Å². The molecule has 1 N–H and O–H groups in total. The minimum atomic E-state index is -0.602. The van der Waals surface area contributed by atoms with Crippen LogP contribution in [0, 0.1) is 0 Å². The van der Waals surface area contributed by atoms with Crippen molar-refractivity contribution < 1.29 is 19.1 Å². The van der Waals surface area contributed by atoms with Crippen LogP contribution >= 0.6 is 0 Å². The highest BCUT2D eigenvalue weighted by Crippen LogP contribution is 2.33. The van der Waals surface area contributed by atoms with E-state index in [1.165, 1.54) is 4.90 Å². The van der Waals surface area contributed by atoms with Crippen molar-refractivity contribution in [3.8, 4) is 11.5 Å². The minimum Gasteiger partial charge on any atom is -0.494 e. The number of amides is 2. The van der Waals surface area contributed by atoms with E-state index in [1.54, 1.807) is 18.2 Å². The lowest BCUT2D eigenvalue weighted by molar-refractivity contribution is -0.121. The van der Waals surface area contributed by atoms with E-state index in [9.17, 15) is 9.59 Å². The van der Waals surface area contributed by atoms with Gasteiger partial charge in [0.05, 0.1) is 25.3 Å². The zero-order valence-electron chi connectivity index (χ0n) is 14.9. The monoisotopic (exact) mass is 354 g/mol. The summed E-state index contributed by atoms with van der Waals surface area (Å²) in [5, 5.41) is 3.13. The first-order valence-electron chi connectivity index (χ1n) is 8.72. The van der Waals surface area contributed by atoms with E-state index in [0.717, 1.165) is 11.4 Å². The number of hydrogen-bond acceptors (Lipinski definition) is 5. The van der Waals surface area contributed by atoms with Gasteiger partial charge in [0.25, 0.3) is 5.91 Å². The molecule has 1 saturated heterocycles. The molecule has 1 atom stereocenters. The second kappa shape index (κ2) is 7.91. The number of nitrogens with one attached hydrogen (secondary N) is 1. The lowest BCUT2D eigenvalue weighted by atomic mass is 10.2. The zero-order valence-corrected chi connectivity index (χ0v) is 14.9. The number of nitrogens with zero attached hydrogens (tertiary/aromatic N) is 1. The van der Waals surface area contributed by atoms with Crippen LogP contribution in [-0.4, -0.2) is 31.1 Å². The van der Waals surface area contributed by atoms with Crippen LogP contribution in [0.2, 0.25) is 0 Å². The van der Waals surface area contributed by atoms with Crippen molar-refractivity contribution in [1.82, 2.24) is 0 Å². The molecule has 1 aliphatic heterocycles. The number of para-hydroxylation sites is 2. The van der Waals surface area contributed by atoms with Gasteiger partial charge in [0.2, 0.25) is 5.91 Å². The van der Waals surface area contributed by atoms with Crippen LogP contribution in [0.3, 0.4) is 0 Å². The lowest BCUT2D eigenvalue weighted by Crippen LogP contribution is -2.35. The van der Waals surface area contributed by atoms with E-state index in [2.05, 4.69) is 5.32 Å². The van der Waals surface area contributed by atoms with E-state index in [1.807, 2.05) is 44.2 Å². The SMILES string of the molecule is CCOc1ccc(N[C@H]2CC(=O)N(c3ccccc3OCC)C2=O)cc1. The van der Waals surface area contributed by atoms with Crippen molar-refractivity contribution in [3.05, 3.63) is 48.5 Å². The van der Waals surface area contributed by atoms with Crippen LogP contribution in [-0.2, 0) is 9.59 Å². The Bertz CT molecular complexity index is 789. The number of ether oxygens (including phenoxy) is 2. The summed E-state index contributed by atoms with van der Waals surface area (Å²) >= 11 is 0. The van der Waals surface area contributed by atoms with E-state index in [-0.39, 0.29) is 18.2 Å². The largest absolute Gasteiger partial charge is 0.494 e. The summed E-state index contributed by atoms with van der Waals surface area (Å²) < 4.78 is 11.0. The first kappa shape index (κ1) is 17.8. The minimum absolute atomic E-state index is 0.104. The smallest absolute Gasteiger partial charge is 0.256 e. The average Bonchev–Trinajstić information content (AvgIpc) is 2.91. The Kier molecular flexibility index (Phi) is 5.41. The molecule has 0 spiro atoms. The van der Waals surface area contributed by atoms with Gasteiger partial charge in [-0.1, -0.05) is 12.1 Å². The third-order valence-corrected chi connectivity index (χ3v) is 4.06. The maximum Gasteiger partial charge on any atom is 0.256 e. The van der Waals surface area contributed by atoms with Gasteiger partial charge in [-0.3, -0.25) is 9.59 Å². The summed E-state index contributed by atoms with van der Waals surface area (Å²) in [5.41, 5.74) is 1.25. The van der Waals surface area contributed by atoms with E-state index in [4.69, 9.17) is 9.47 Å². The summed E-state index contributed by atoms with van der Waals surface area (Å²) in [6.45, 7) is 4.84. The van der Waals surface area contributed by atoms with Crippen LogP contribution in [0.25, 0.3) is 0 Å². The Morgan fingerprint density at radius 3 is 2.38 bits per heavy atom. The molecule has 0 radical (unpaired) electrons. The van der Waals surface area contributed by atoms with Gasteiger partial charge in [-0.15, -0.1) is 0 Å². The molecule has 6 nitrogen and oxygen atoms in total. The number of carbonyl (C=O) groups excluding carboxylic acids is 2. The normalized spacial score (nSPS) is 16.7. The van der Waals surface area contributed by atoms with Crippen LogP contribution < -0.4 is 19.7 Å². The van der Waals surface area contributed by atoms with E-state index < -0.39 is 6.04 Å². The summed E-state index contributed by atoms with van der Waals surface area (Å²) in [7, 11) is 0. The summed E-state index contributed by atoms with van der Waals surface area (Å²) in [5.74, 6) is 0.763. The number of anilines is 2. The maximum absolute atomic E-state index is 12.8. The summed E-state index contributed by atoms with van der Waals surface area (Å²) in [4.78, 5) is 26.5. The standard InChI is InChI=1S/C20H22N2O4/c1-3-25-15-11-9-14(10-12-15)21-16-13-19(23)22(20(16)24)17-7-5-6-8-18(17)26-4-2/h5-12,16,21H,3-4,13H2,1-2H3/t16-/m0/s1. The van der Waals surface area contributed by atoms with Gasteiger partial charge >= 0.3 is 0 Å². The molecule has 6 heteroatoms. The van der Waals surface area contributed by atoms with Gasteiger partial charge in [-0.2, -0.15) is 0 Å². The Labute approximate surface area is 152 Å². The third kappa shape index (κ3) is 3.64. The first-order chi connectivity index (χ1) is 12.6. The highest BCUT2D eigenvalue weighted by molar-refractivity contribution is 6.23. The molecule has 3 rings (SSSR count). The number of benzene rings is 2. The number of imide groups is 1. The van der Waals surface area contributed by atoms with Crippen molar-refractivity contribution in [1.29, 1.82) is 0 Å². The third-order valence-electron chi connectivity index (χ3n) is 4.06. The fourth-order valence-corrected chi connectivity index (χ4v) is 2.93. The van der Waals surface area contributed by atoms with Crippen LogP contribution in [0.15, 0.2) is 48.5 Å². The quantitative estimate of drug-likeness (QED) is 0.773. The topological polar surface area (TPSA) is 67.9 Å². The predicted octanol–water partition coefficient (Wildman–Crippen LogP) is 3.23. The summed E-state index contributed by atoms with van der Waals surface area (Å²) in [6, 6.07) is 13.8. The molecule has 1 aliphatic rings. The first-order valence-corrected chi connectivity index (χ1v) is 8.72. The van der Waals surface area contributed by atoms with Gasteiger partial charge in [-0.05, 0) is 50.2 Å².